The van der Waals surface area contributed by atoms with Crippen LogP contribution in [0.25, 0.3) is 0 Å². The highest BCUT2D eigenvalue weighted by atomic mass is 14.4. The second-order valence-corrected chi connectivity index (χ2v) is 3.49. The van der Waals surface area contributed by atoms with Gasteiger partial charge in [0.05, 0.1) is 0 Å². The molecule has 1 atom stereocenters. The first-order valence-electron chi connectivity index (χ1n) is 3.83. The lowest BCUT2D eigenvalue weighted by molar-refractivity contribution is 0.496. The van der Waals surface area contributed by atoms with Crippen LogP contribution in [0.15, 0.2) is 0 Å². The molecule has 0 nitrogen and oxygen atoms in total. The van der Waals surface area contributed by atoms with E-state index in [-0.39, 0.29) is 0 Å². The molecule has 2 rings (SSSR count). The van der Waals surface area contributed by atoms with Crippen LogP contribution in [0.5, 0.6) is 0 Å². The van der Waals surface area contributed by atoms with Crippen LogP contribution in [-0.2, 0) is 0 Å². The molecule has 2 aliphatic carbocycles. The van der Waals surface area contributed by atoms with E-state index in [9.17, 15) is 0 Å². The highest BCUT2D eigenvalue weighted by Gasteiger charge is 2.41. The van der Waals surface area contributed by atoms with E-state index in [1.807, 2.05) is 0 Å². The van der Waals surface area contributed by atoms with E-state index in [0.717, 1.165) is 0 Å². The Morgan fingerprint density at radius 2 is 2.11 bits per heavy atom. The van der Waals surface area contributed by atoms with Gasteiger partial charge in [-0.3, -0.25) is 0 Å². The molecule has 0 radical (unpaired) electrons. The van der Waals surface area contributed by atoms with Crippen molar-refractivity contribution in [2.75, 3.05) is 0 Å². The molecule has 0 heteroatoms. The molecule has 0 amide bonds. The van der Waals surface area contributed by atoms with Crippen LogP contribution in [0, 0.1) is 23.2 Å². The van der Waals surface area contributed by atoms with Crippen LogP contribution < -0.4 is 0 Å². The summed E-state index contributed by atoms with van der Waals surface area (Å²) in [5.74, 6) is 7.33. The first kappa shape index (κ1) is 5.35. The molecule has 9 heavy (non-hydrogen) atoms. The number of rotatable bonds is 0. The normalized spacial score (nSPS) is 35.4. The van der Waals surface area contributed by atoms with Crippen molar-refractivity contribution in [2.24, 2.45) is 11.3 Å². The van der Waals surface area contributed by atoms with Gasteiger partial charge in [-0.05, 0) is 25.7 Å². The molecule has 1 spiro atoms. The van der Waals surface area contributed by atoms with Gasteiger partial charge in [-0.25, -0.2) is 0 Å². The van der Waals surface area contributed by atoms with Crippen LogP contribution in [0.1, 0.15) is 32.6 Å². The van der Waals surface area contributed by atoms with E-state index < -0.39 is 0 Å². The van der Waals surface area contributed by atoms with Crippen molar-refractivity contribution in [3.05, 3.63) is 0 Å². The van der Waals surface area contributed by atoms with E-state index in [4.69, 9.17) is 0 Å². The van der Waals surface area contributed by atoms with E-state index >= 15 is 0 Å². The van der Waals surface area contributed by atoms with Crippen molar-refractivity contribution < 1.29 is 0 Å². The minimum Gasteiger partial charge on any atom is -0.0996 e. The molecular weight excluding hydrogens is 108 g/mol. The molecule has 0 N–H and O–H groups in total. The molecule has 0 aromatic heterocycles. The Balaban J connectivity index is 2.17. The molecule has 1 saturated carbocycles. The second-order valence-electron chi connectivity index (χ2n) is 3.49. The summed E-state index contributed by atoms with van der Waals surface area (Å²) in [7, 11) is 0. The average molecular weight is 120 g/mol. The molecule has 0 aromatic carbocycles. The Hall–Kier alpha value is -0.440. The van der Waals surface area contributed by atoms with Crippen molar-refractivity contribution in [2.45, 2.75) is 32.6 Å². The maximum atomic E-state index is 3.37. The van der Waals surface area contributed by atoms with Gasteiger partial charge in [-0.15, -0.1) is 0 Å². The zero-order valence-corrected chi connectivity index (χ0v) is 5.91. The Kier molecular flexibility index (Phi) is 0.913. The quantitative estimate of drug-likeness (QED) is 0.430. The lowest BCUT2D eigenvalue weighted by atomic mass is 9.90. The molecule has 0 saturated heterocycles. The molecule has 0 bridgehead atoms. The fourth-order valence-electron chi connectivity index (χ4n) is 1.43. The zero-order valence-electron chi connectivity index (χ0n) is 5.91. The van der Waals surface area contributed by atoms with Crippen LogP contribution in [0.4, 0.5) is 0 Å². The maximum Gasteiger partial charge on any atom is 0.0316 e. The summed E-state index contributed by atoms with van der Waals surface area (Å²) in [5, 5.41) is 0. The van der Waals surface area contributed by atoms with Gasteiger partial charge in [0.2, 0.25) is 0 Å². The fourth-order valence-corrected chi connectivity index (χ4v) is 1.43. The largest absolute Gasteiger partial charge is 0.0996 e. The Bertz CT molecular complexity index is 176. The fraction of sp³-hybridized carbons (Fsp3) is 0.778. The summed E-state index contributed by atoms with van der Waals surface area (Å²) >= 11 is 0. The summed E-state index contributed by atoms with van der Waals surface area (Å²) in [6.45, 7) is 2.22. The van der Waals surface area contributed by atoms with Crippen LogP contribution in [-0.4, -0.2) is 0 Å². The molecule has 1 fully saturated rings. The van der Waals surface area contributed by atoms with Gasteiger partial charge in [0.1, 0.15) is 0 Å². The van der Waals surface area contributed by atoms with Gasteiger partial charge >= 0.3 is 0 Å². The second kappa shape index (κ2) is 1.53. The number of hydrogen-bond donors (Lipinski definition) is 0. The van der Waals surface area contributed by atoms with Crippen molar-refractivity contribution >= 4 is 0 Å². The monoisotopic (exact) mass is 120 g/mol. The summed E-state index contributed by atoms with van der Waals surface area (Å²) in [6.07, 6.45) is 5.48. The lowest BCUT2D eigenvalue weighted by Crippen LogP contribution is -2.06. The summed E-state index contributed by atoms with van der Waals surface area (Å²) in [4.78, 5) is 0. The number of hydrogen-bond acceptors (Lipinski definition) is 0. The van der Waals surface area contributed by atoms with Gasteiger partial charge in [-0.1, -0.05) is 18.8 Å². The third kappa shape index (κ3) is 0.852. The van der Waals surface area contributed by atoms with Crippen LogP contribution in [0.2, 0.25) is 0 Å². The van der Waals surface area contributed by atoms with Crippen molar-refractivity contribution in [3.8, 4) is 11.8 Å². The highest BCUT2D eigenvalue weighted by molar-refractivity contribution is 5.23. The van der Waals surface area contributed by atoms with Gasteiger partial charge in [-0.2, -0.15) is 0 Å². The van der Waals surface area contributed by atoms with Gasteiger partial charge in [0.15, 0.2) is 0 Å². The minimum atomic E-state index is 0.548. The Labute approximate surface area is 56.6 Å². The van der Waals surface area contributed by atoms with Gasteiger partial charge < -0.3 is 0 Å². The van der Waals surface area contributed by atoms with Crippen molar-refractivity contribution in [1.82, 2.24) is 0 Å². The first-order chi connectivity index (χ1) is 4.31. The third-order valence-corrected chi connectivity index (χ3v) is 2.49. The van der Waals surface area contributed by atoms with Crippen molar-refractivity contribution in [3.63, 3.8) is 0 Å². The smallest absolute Gasteiger partial charge is 0.0316 e. The average Bonchev–Trinajstić information content (AvgIpc) is 2.60. The SMILES string of the molecule is CC1C#CC2(CC1)CC2. The summed E-state index contributed by atoms with van der Waals surface area (Å²) in [5.41, 5.74) is 0.548. The van der Waals surface area contributed by atoms with Crippen LogP contribution in [0.3, 0.4) is 0 Å². The first-order valence-corrected chi connectivity index (χ1v) is 3.83. The summed E-state index contributed by atoms with van der Waals surface area (Å²) in [6, 6.07) is 0. The molecule has 0 aliphatic heterocycles. The molecule has 0 aromatic rings. The maximum absolute atomic E-state index is 3.37. The van der Waals surface area contributed by atoms with E-state index in [2.05, 4.69) is 18.8 Å². The third-order valence-electron chi connectivity index (χ3n) is 2.49. The Morgan fingerprint density at radius 1 is 1.33 bits per heavy atom. The topological polar surface area (TPSA) is 0 Å². The van der Waals surface area contributed by atoms with E-state index in [0.29, 0.717) is 11.3 Å². The standard InChI is InChI=1S/C9H12/c1-8-2-4-9(5-3-8)6-7-9/h8H,2,4,6-7H2,1H3. The van der Waals surface area contributed by atoms with Crippen LogP contribution >= 0.6 is 0 Å². The molecular formula is C9H12. The summed E-state index contributed by atoms with van der Waals surface area (Å²) < 4.78 is 0. The molecule has 2 aliphatic rings. The van der Waals surface area contributed by atoms with Gasteiger partial charge in [0.25, 0.3) is 0 Å². The van der Waals surface area contributed by atoms with E-state index in [1.54, 1.807) is 0 Å². The van der Waals surface area contributed by atoms with Crippen molar-refractivity contribution in [1.29, 1.82) is 0 Å². The molecule has 0 heterocycles. The van der Waals surface area contributed by atoms with Gasteiger partial charge in [0, 0.05) is 11.3 Å². The zero-order chi connectivity index (χ0) is 6.32. The lowest BCUT2D eigenvalue weighted by Gasteiger charge is -2.14. The van der Waals surface area contributed by atoms with E-state index in [1.165, 1.54) is 25.7 Å². The highest BCUT2D eigenvalue weighted by Crippen LogP contribution is 2.51. The molecule has 1 unspecified atom stereocenters. The predicted molar refractivity (Wildman–Crippen MR) is 37.8 cm³/mol. The predicted octanol–water partition coefficient (Wildman–Crippen LogP) is 2.20. The minimum absolute atomic E-state index is 0.548. The Morgan fingerprint density at radius 3 is 2.56 bits per heavy atom. The molecule has 48 valence electrons.